The normalized spacial score (nSPS) is 19.7. The number of hydrogen-bond donors (Lipinski definition) is 2. The molecule has 0 spiro atoms. The Morgan fingerprint density at radius 3 is 2.93 bits per heavy atom. The first-order chi connectivity index (χ1) is 13.2. The highest BCUT2D eigenvalue weighted by molar-refractivity contribution is 6.00. The molecule has 0 bridgehead atoms. The summed E-state index contributed by atoms with van der Waals surface area (Å²) in [5.41, 5.74) is 1.95. The van der Waals surface area contributed by atoms with Gasteiger partial charge in [0.15, 0.2) is 0 Å². The number of nitrogens with one attached hydrogen (secondary N) is 2. The molecule has 0 aliphatic carbocycles. The summed E-state index contributed by atoms with van der Waals surface area (Å²) >= 11 is 0. The number of ether oxygens (including phenoxy) is 1. The molecule has 2 heterocycles. The molecule has 148 valence electrons. The second-order valence-electron chi connectivity index (χ2n) is 7.41. The lowest BCUT2D eigenvalue weighted by Crippen LogP contribution is -2.44. The Bertz CT molecular complexity index is 745. The number of aromatic nitrogens is 3. The molecule has 7 heteroatoms. The molecular weight excluding hydrogens is 342 g/mol. The second-order valence-corrected chi connectivity index (χ2v) is 7.41. The SMILES string of the molecule is CCCN1CCCCCCCC(NC(=O)c2cc3[nH]nnc3cc2OC)C1. The molecule has 3 rings (SSSR count). The molecule has 2 N–H and O–H groups in total. The van der Waals surface area contributed by atoms with Gasteiger partial charge in [-0.1, -0.05) is 37.8 Å². The van der Waals surface area contributed by atoms with Gasteiger partial charge < -0.3 is 15.0 Å². The molecule has 1 atom stereocenters. The van der Waals surface area contributed by atoms with Crippen LogP contribution in [0.25, 0.3) is 11.0 Å². The van der Waals surface area contributed by atoms with Crippen molar-refractivity contribution in [1.29, 1.82) is 0 Å². The number of benzene rings is 1. The summed E-state index contributed by atoms with van der Waals surface area (Å²) in [5, 5.41) is 13.9. The van der Waals surface area contributed by atoms with Crippen molar-refractivity contribution >= 4 is 16.9 Å². The summed E-state index contributed by atoms with van der Waals surface area (Å²) in [6, 6.07) is 3.68. The first kappa shape index (κ1) is 19.6. The average Bonchev–Trinajstić information content (AvgIpc) is 3.13. The Morgan fingerprint density at radius 2 is 2.11 bits per heavy atom. The number of nitrogens with zero attached hydrogens (tertiary/aromatic N) is 3. The molecule has 1 fully saturated rings. The van der Waals surface area contributed by atoms with Gasteiger partial charge in [-0.05, 0) is 38.4 Å². The maximum absolute atomic E-state index is 13.0. The quantitative estimate of drug-likeness (QED) is 0.841. The van der Waals surface area contributed by atoms with Crippen LogP contribution in [-0.2, 0) is 0 Å². The Morgan fingerprint density at radius 1 is 1.30 bits per heavy atom. The fourth-order valence-corrected chi connectivity index (χ4v) is 3.87. The van der Waals surface area contributed by atoms with E-state index >= 15 is 0 Å². The Hall–Kier alpha value is -2.15. The maximum Gasteiger partial charge on any atom is 0.255 e. The third-order valence-electron chi connectivity index (χ3n) is 5.27. The van der Waals surface area contributed by atoms with Crippen LogP contribution in [0, 0.1) is 0 Å². The fraction of sp³-hybridized carbons (Fsp3) is 0.650. The standard InChI is InChI=1S/C20H31N5O2/c1-3-10-25-11-8-6-4-5-7-9-15(14-25)21-20(26)16-12-17-18(23-24-22-17)13-19(16)27-2/h12-13,15H,3-11,14H2,1-2H3,(H,21,26)(H,22,23,24). The first-order valence-corrected chi connectivity index (χ1v) is 10.1. The molecule has 1 unspecified atom stereocenters. The van der Waals surface area contributed by atoms with Crippen LogP contribution in [0.1, 0.15) is 62.2 Å². The van der Waals surface area contributed by atoms with E-state index in [1.54, 1.807) is 19.2 Å². The number of hydrogen-bond acceptors (Lipinski definition) is 5. The fourth-order valence-electron chi connectivity index (χ4n) is 3.87. The Kier molecular flexibility index (Phi) is 7.04. The smallest absolute Gasteiger partial charge is 0.255 e. The van der Waals surface area contributed by atoms with E-state index in [-0.39, 0.29) is 11.9 Å². The van der Waals surface area contributed by atoms with Crippen LogP contribution in [0.15, 0.2) is 12.1 Å². The molecule has 1 aromatic heterocycles. The van der Waals surface area contributed by atoms with Crippen LogP contribution in [0.5, 0.6) is 5.75 Å². The van der Waals surface area contributed by atoms with E-state index in [4.69, 9.17) is 4.74 Å². The third-order valence-corrected chi connectivity index (χ3v) is 5.27. The molecule has 1 aliphatic rings. The number of carbonyl (C=O) groups excluding carboxylic acids is 1. The third kappa shape index (κ3) is 5.19. The van der Waals surface area contributed by atoms with Crippen molar-refractivity contribution in [3.63, 3.8) is 0 Å². The number of H-pyrrole nitrogens is 1. The van der Waals surface area contributed by atoms with Gasteiger partial charge in [-0.2, -0.15) is 0 Å². The molecular formula is C20H31N5O2. The lowest BCUT2D eigenvalue weighted by molar-refractivity contribution is 0.0916. The summed E-state index contributed by atoms with van der Waals surface area (Å²) in [6.07, 6.45) is 8.41. The molecule has 0 saturated carbocycles. The van der Waals surface area contributed by atoms with Gasteiger partial charge in [0.1, 0.15) is 11.3 Å². The minimum atomic E-state index is -0.0955. The van der Waals surface area contributed by atoms with E-state index in [1.807, 2.05) is 0 Å². The number of carbonyl (C=O) groups is 1. The van der Waals surface area contributed by atoms with Gasteiger partial charge in [0, 0.05) is 18.7 Å². The van der Waals surface area contributed by atoms with Gasteiger partial charge in [0.25, 0.3) is 5.91 Å². The van der Waals surface area contributed by atoms with Crippen molar-refractivity contribution < 1.29 is 9.53 Å². The van der Waals surface area contributed by atoms with E-state index in [2.05, 4.69) is 32.6 Å². The molecule has 0 radical (unpaired) electrons. The molecule has 1 aromatic carbocycles. The van der Waals surface area contributed by atoms with Crippen LogP contribution in [0.4, 0.5) is 0 Å². The number of fused-ring (bicyclic) bond motifs is 1. The number of amides is 1. The molecule has 1 aliphatic heterocycles. The van der Waals surface area contributed by atoms with E-state index in [1.165, 1.54) is 25.7 Å². The Labute approximate surface area is 160 Å². The van der Waals surface area contributed by atoms with E-state index < -0.39 is 0 Å². The number of methoxy groups -OCH3 is 1. The molecule has 2 aromatic rings. The van der Waals surface area contributed by atoms with Gasteiger partial charge in [-0.3, -0.25) is 9.89 Å². The van der Waals surface area contributed by atoms with Crippen LogP contribution < -0.4 is 10.1 Å². The average molecular weight is 374 g/mol. The van der Waals surface area contributed by atoms with Gasteiger partial charge in [0.2, 0.25) is 0 Å². The second kappa shape index (κ2) is 9.69. The maximum atomic E-state index is 13.0. The predicted octanol–water partition coefficient (Wildman–Crippen LogP) is 3.13. The summed E-state index contributed by atoms with van der Waals surface area (Å²) in [5.74, 6) is 0.432. The zero-order valence-corrected chi connectivity index (χ0v) is 16.5. The van der Waals surface area contributed by atoms with Crippen molar-refractivity contribution in [1.82, 2.24) is 25.6 Å². The van der Waals surface area contributed by atoms with E-state index in [0.29, 0.717) is 16.8 Å². The lowest BCUT2D eigenvalue weighted by Gasteiger charge is -2.29. The monoisotopic (exact) mass is 373 g/mol. The van der Waals surface area contributed by atoms with Crippen molar-refractivity contribution in [3.8, 4) is 5.75 Å². The van der Waals surface area contributed by atoms with E-state index in [0.717, 1.165) is 44.4 Å². The topological polar surface area (TPSA) is 83.1 Å². The van der Waals surface area contributed by atoms with Crippen LogP contribution in [0.3, 0.4) is 0 Å². The minimum Gasteiger partial charge on any atom is -0.496 e. The van der Waals surface area contributed by atoms with Crippen molar-refractivity contribution in [2.45, 2.75) is 57.9 Å². The highest BCUT2D eigenvalue weighted by Crippen LogP contribution is 2.24. The van der Waals surface area contributed by atoms with Crippen LogP contribution in [0.2, 0.25) is 0 Å². The molecule has 7 nitrogen and oxygen atoms in total. The molecule has 1 saturated heterocycles. The minimum absolute atomic E-state index is 0.0955. The van der Waals surface area contributed by atoms with Crippen molar-refractivity contribution in [2.75, 3.05) is 26.7 Å². The number of rotatable bonds is 5. The van der Waals surface area contributed by atoms with Crippen molar-refractivity contribution in [2.24, 2.45) is 0 Å². The summed E-state index contributed by atoms with van der Waals surface area (Å²) < 4.78 is 5.42. The highest BCUT2D eigenvalue weighted by atomic mass is 16.5. The number of aromatic amines is 1. The zero-order valence-electron chi connectivity index (χ0n) is 16.5. The largest absolute Gasteiger partial charge is 0.496 e. The highest BCUT2D eigenvalue weighted by Gasteiger charge is 2.21. The Balaban J connectivity index is 1.75. The molecule has 27 heavy (non-hydrogen) atoms. The van der Waals surface area contributed by atoms with E-state index in [9.17, 15) is 4.79 Å². The summed E-state index contributed by atoms with van der Waals surface area (Å²) in [7, 11) is 1.57. The zero-order chi connectivity index (χ0) is 19.1. The van der Waals surface area contributed by atoms with Crippen molar-refractivity contribution in [3.05, 3.63) is 17.7 Å². The first-order valence-electron chi connectivity index (χ1n) is 10.1. The summed E-state index contributed by atoms with van der Waals surface area (Å²) in [6.45, 7) is 5.33. The van der Waals surface area contributed by atoms with Crippen LogP contribution in [-0.4, -0.2) is 59.0 Å². The van der Waals surface area contributed by atoms with Gasteiger partial charge in [0.05, 0.1) is 18.2 Å². The lowest BCUT2D eigenvalue weighted by atomic mass is 10.0. The van der Waals surface area contributed by atoms with Gasteiger partial charge in [-0.15, -0.1) is 5.10 Å². The molecule has 1 amide bonds. The van der Waals surface area contributed by atoms with Gasteiger partial charge in [-0.25, -0.2) is 0 Å². The summed E-state index contributed by atoms with van der Waals surface area (Å²) in [4.78, 5) is 15.5. The predicted molar refractivity (Wildman–Crippen MR) is 106 cm³/mol. The van der Waals surface area contributed by atoms with Gasteiger partial charge >= 0.3 is 0 Å². The van der Waals surface area contributed by atoms with Crippen LogP contribution >= 0.6 is 0 Å².